The van der Waals surface area contributed by atoms with Crippen LogP contribution >= 0.6 is 39.1 Å². The molecule has 0 aliphatic carbocycles. The number of aryl methyl sites for hydroxylation is 1. The van der Waals surface area contributed by atoms with Crippen LogP contribution in [-0.2, 0) is 10.0 Å². The van der Waals surface area contributed by atoms with E-state index in [1.54, 1.807) is 12.1 Å². The summed E-state index contributed by atoms with van der Waals surface area (Å²) in [4.78, 5) is -0.135. The van der Waals surface area contributed by atoms with Crippen molar-refractivity contribution in [1.29, 1.82) is 0 Å². The zero-order chi connectivity index (χ0) is 14.9. The van der Waals surface area contributed by atoms with Crippen LogP contribution in [0.5, 0.6) is 0 Å². The normalized spacial score (nSPS) is 11.4. The molecule has 0 aliphatic rings. The molecule has 0 saturated carbocycles. The first kappa shape index (κ1) is 15.6. The Labute approximate surface area is 136 Å². The van der Waals surface area contributed by atoms with Gasteiger partial charge >= 0.3 is 0 Å². The molecule has 2 aromatic carbocycles. The van der Waals surface area contributed by atoms with Gasteiger partial charge < -0.3 is 0 Å². The van der Waals surface area contributed by atoms with E-state index in [4.69, 9.17) is 23.2 Å². The van der Waals surface area contributed by atoms with Crippen LogP contribution in [0.2, 0.25) is 10.0 Å². The van der Waals surface area contributed by atoms with E-state index in [-0.39, 0.29) is 14.9 Å². The minimum atomic E-state index is -3.84. The predicted molar refractivity (Wildman–Crippen MR) is 86.1 cm³/mol. The van der Waals surface area contributed by atoms with Gasteiger partial charge in [0.15, 0.2) is 0 Å². The molecule has 2 rings (SSSR count). The lowest BCUT2D eigenvalue weighted by atomic mass is 10.2. The van der Waals surface area contributed by atoms with Gasteiger partial charge in [-0.2, -0.15) is 0 Å². The van der Waals surface area contributed by atoms with Gasteiger partial charge in [-0.3, -0.25) is 4.72 Å². The molecule has 0 radical (unpaired) electrons. The van der Waals surface area contributed by atoms with Gasteiger partial charge in [0.2, 0.25) is 0 Å². The monoisotopic (exact) mass is 393 g/mol. The topological polar surface area (TPSA) is 46.2 Å². The predicted octanol–water partition coefficient (Wildman–Crippen LogP) is 4.87. The van der Waals surface area contributed by atoms with Crippen molar-refractivity contribution < 1.29 is 8.42 Å². The number of benzene rings is 2. The molecule has 1 N–H and O–H groups in total. The van der Waals surface area contributed by atoms with Crippen LogP contribution < -0.4 is 4.72 Å². The van der Waals surface area contributed by atoms with Gasteiger partial charge in [0.05, 0.1) is 10.0 Å². The van der Waals surface area contributed by atoms with E-state index in [2.05, 4.69) is 20.7 Å². The average Bonchev–Trinajstić information content (AvgIpc) is 2.30. The zero-order valence-corrected chi connectivity index (χ0v) is 14.2. The van der Waals surface area contributed by atoms with E-state index < -0.39 is 10.0 Å². The van der Waals surface area contributed by atoms with Gasteiger partial charge in [-0.1, -0.05) is 56.8 Å². The van der Waals surface area contributed by atoms with Gasteiger partial charge in [-0.25, -0.2) is 8.42 Å². The van der Waals surface area contributed by atoms with E-state index in [0.29, 0.717) is 10.2 Å². The molecular weight excluding hydrogens is 385 g/mol. The molecule has 0 atom stereocenters. The molecular formula is C13H10BrCl2NO2S. The van der Waals surface area contributed by atoms with Gasteiger partial charge in [0.1, 0.15) is 4.90 Å². The number of anilines is 1. The van der Waals surface area contributed by atoms with Gasteiger partial charge in [0, 0.05) is 10.2 Å². The van der Waals surface area contributed by atoms with Crippen molar-refractivity contribution in [1.82, 2.24) is 0 Å². The molecule has 0 fully saturated rings. The highest BCUT2D eigenvalue weighted by atomic mass is 79.9. The Kier molecular flexibility index (Phi) is 4.64. The first-order valence-electron chi connectivity index (χ1n) is 5.53. The molecule has 0 unspecified atom stereocenters. The lowest BCUT2D eigenvalue weighted by Gasteiger charge is -2.11. The van der Waals surface area contributed by atoms with E-state index in [1.807, 2.05) is 19.1 Å². The fourth-order valence-electron chi connectivity index (χ4n) is 1.61. The van der Waals surface area contributed by atoms with Crippen molar-refractivity contribution in [3.63, 3.8) is 0 Å². The summed E-state index contributed by atoms with van der Waals surface area (Å²) < 4.78 is 27.8. The van der Waals surface area contributed by atoms with Crippen molar-refractivity contribution in [3.05, 3.63) is 56.5 Å². The number of nitrogens with one attached hydrogen (secondary N) is 1. The largest absolute Gasteiger partial charge is 0.280 e. The molecule has 0 aliphatic heterocycles. The summed E-state index contributed by atoms with van der Waals surface area (Å²) in [5.41, 5.74) is 1.48. The highest BCUT2D eigenvalue weighted by Crippen LogP contribution is 2.33. The van der Waals surface area contributed by atoms with Crippen molar-refractivity contribution >= 4 is 54.8 Å². The van der Waals surface area contributed by atoms with Crippen molar-refractivity contribution in [2.75, 3.05) is 4.72 Å². The van der Waals surface area contributed by atoms with Crippen LogP contribution in [0, 0.1) is 6.92 Å². The van der Waals surface area contributed by atoms with E-state index in [0.717, 1.165) is 5.56 Å². The van der Waals surface area contributed by atoms with E-state index >= 15 is 0 Å². The summed E-state index contributed by atoms with van der Waals surface area (Å²) in [5, 5.41) is 0.118. The molecule has 0 bridgehead atoms. The Bertz CT molecular complexity index is 722. The van der Waals surface area contributed by atoms with Crippen molar-refractivity contribution in [2.45, 2.75) is 11.8 Å². The number of hydrogen-bond donors (Lipinski definition) is 1. The Morgan fingerprint density at radius 1 is 1.05 bits per heavy atom. The smallest absolute Gasteiger partial charge is 0.264 e. The molecule has 0 aromatic heterocycles. The molecule has 0 spiro atoms. The van der Waals surface area contributed by atoms with Crippen LogP contribution in [0.25, 0.3) is 0 Å². The number of sulfonamides is 1. The Morgan fingerprint density at radius 3 is 2.05 bits per heavy atom. The van der Waals surface area contributed by atoms with Gasteiger partial charge in [-0.15, -0.1) is 0 Å². The number of rotatable bonds is 3. The first-order valence-corrected chi connectivity index (χ1v) is 8.57. The quantitative estimate of drug-likeness (QED) is 0.807. The summed E-state index contributed by atoms with van der Waals surface area (Å²) in [5.74, 6) is 0. The second kappa shape index (κ2) is 5.93. The fraction of sp³-hybridized carbons (Fsp3) is 0.0769. The molecule has 0 saturated heterocycles. The third-order valence-corrected chi connectivity index (χ3v) is 5.30. The Balaban J connectivity index is 2.43. The van der Waals surface area contributed by atoms with Crippen LogP contribution in [0.3, 0.4) is 0 Å². The molecule has 7 heteroatoms. The van der Waals surface area contributed by atoms with E-state index in [1.165, 1.54) is 12.1 Å². The first-order chi connectivity index (χ1) is 9.29. The summed E-state index contributed by atoms with van der Waals surface area (Å²) in [6.45, 7) is 1.92. The summed E-state index contributed by atoms with van der Waals surface area (Å²) in [6, 6.07) is 9.93. The van der Waals surface area contributed by atoms with Crippen LogP contribution in [0.1, 0.15) is 5.56 Å². The minimum absolute atomic E-state index is 0.0592. The third-order valence-electron chi connectivity index (χ3n) is 2.54. The van der Waals surface area contributed by atoms with Crippen molar-refractivity contribution in [2.24, 2.45) is 0 Å². The zero-order valence-electron chi connectivity index (χ0n) is 10.3. The van der Waals surface area contributed by atoms with Crippen molar-refractivity contribution in [3.8, 4) is 0 Å². The lowest BCUT2D eigenvalue weighted by Crippen LogP contribution is -2.14. The number of halogens is 3. The van der Waals surface area contributed by atoms with Crippen LogP contribution in [0.4, 0.5) is 5.69 Å². The standard InChI is InChI=1S/C13H10BrCl2NO2S/c1-8-2-4-10(5-3-8)17-20(18,19)13-11(15)6-9(14)7-12(13)16/h2-7,17H,1H3. The minimum Gasteiger partial charge on any atom is -0.280 e. The second-order valence-electron chi connectivity index (χ2n) is 4.17. The molecule has 3 nitrogen and oxygen atoms in total. The maximum absolute atomic E-state index is 12.3. The lowest BCUT2D eigenvalue weighted by molar-refractivity contribution is 0.601. The van der Waals surface area contributed by atoms with Gasteiger partial charge in [0.25, 0.3) is 10.0 Å². The molecule has 0 heterocycles. The maximum atomic E-state index is 12.3. The maximum Gasteiger partial charge on any atom is 0.264 e. The number of hydrogen-bond acceptors (Lipinski definition) is 2. The Hall–Kier alpha value is -0.750. The van der Waals surface area contributed by atoms with Crippen LogP contribution in [0.15, 0.2) is 45.8 Å². The molecule has 106 valence electrons. The Morgan fingerprint density at radius 2 is 1.55 bits per heavy atom. The second-order valence-corrected chi connectivity index (χ2v) is 7.52. The highest BCUT2D eigenvalue weighted by molar-refractivity contribution is 9.10. The highest BCUT2D eigenvalue weighted by Gasteiger charge is 2.22. The summed E-state index contributed by atoms with van der Waals surface area (Å²) in [7, 11) is -3.84. The van der Waals surface area contributed by atoms with E-state index in [9.17, 15) is 8.42 Å². The fourth-order valence-corrected chi connectivity index (χ4v) is 4.61. The van der Waals surface area contributed by atoms with Crippen LogP contribution in [-0.4, -0.2) is 8.42 Å². The molecule has 20 heavy (non-hydrogen) atoms. The van der Waals surface area contributed by atoms with Gasteiger partial charge in [-0.05, 0) is 31.2 Å². The summed E-state index contributed by atoms with van der Waals surface area (Å²) in [6.07, 6.45) is 0. The third kappa shape index (κ3) is 3.47. The average molecular weight is 395 g/mol. The summed E-state index contributed by atoms with van der Waals surface area (Å²) >= 11 is 15.2. The SMILES string of the molecule is Cc1ccc(NS(=O)(=O)c2c(Cl)cc(Br)cc2Cl)cc1. The molecule has 0 amide bonds. The molecule has 2 aromatic rings.